The summed E-state index contributed by atoms with van der Waals surface area (Å²) in [6, 6.07) is 16.8. The second-order valence-electron chi connectivity index (χ2n) is 5.42. The molecule has 0 bridgehead atoms. The summed E-state index contributed by atoms with van der Waals surface area (Å²) in [5.41, 5.74) is 6.55. The summed E-state index contributed by atoms with van der Waals surface area (Å²) in [6.45, 7) is -0.640. The van der Waals surface area contributed by atoms with E-state index >= 15 is 0 Å². The molecule has 0 aliphatic heterocycles. The van der Waals surface area contributed by atoms with Crippen molar-refractivity contribution in [3.05, 3.63) is 71.8 Å². The maximum Gasteiger partial charge on any atom is 0.338 e. The Morgan fingerprint density at radius 3 is 2.12 bits per heavy atom. The number of ketones is 1. The van der Waals surface area contributed by atoms with Gasteiger partial charge in [-0.25, -0.2) is 4.79 Å². The Labute approximate surface area is 158 Å². The number of nitrogens with one attached hydrogen (secondary N) is 1. The summed E-state index contributed by atoms with van der Waals surface area (Å²) in [5.74, 6) is -1.42. The third kappa shape index (κ3) is 6.66. The van der Waals surface area contributed by atoms with Gasteiger partial charge in [-0.2, -0.15) is 0 Å². The maximum absolute atomic E-state index is 12.4. The molecule has 0 unspecified atom stereocenters. The van der Waals surface area contributed by atoms with Crippen LogP contribution in [0.4, 0.5) is 0 Å². The van der Waals surface area contributed by atoms with Gasteiger partial charge in [-0.3, -0.25) is 9.59 Å². The average molecular weight is 377 g/mol. The highest BCUT2D eigenvalue weighted by atomic mass is 35.5. The zero-order valence-electron chi connectivity index (χ0n) is 14.1. The van der Waals surface area contributed by atoms with E-state index in [1.807, 2.05) is 30.3 Å². The molecule has 138 valence electrons. The number of halogens is 1. The van der Waals surface area contributed by atoms with E-state index in [4.69, 9.17) is 10.5 Å². The number of benzene rings is 2. The number of Topliss-reactive ketones (excluding diaryl/α,β-unsaturated/α-hetero) is 1. The highest BCUT2D eigenvalue weighted by molar-refractivity contribution is 5.94. The van der Waals surface area contributed by atoms with E-state index in [-0.39, 0.29) is 19.0 Å². The van der Waals surface area contributed by atoms with Crippen molar-refractivity contribution in [3.63, 3.8) is 0 Å². The van der Waals surface area contributed by atoms with Crippen LogP contribution < -0.4 is 11.1 Å². The average Bonchev–Trinajstić information content (AvgIpc) is 2.66. The standard InChI is InChI=1S/C19H20N2O4.ClH/c20-12-18(23)21-16(11-14-7-3-1-4-8-14)17(22)13-25-19(24)15-9-5-2-6-10-15;/h1-10,16H,11-13,20H2,(H,21,23);1H/t16-;/m0./s1. The van der Waals surface area contributed by atoms with Gasteiger partial charge in [0.05, 0.1) is 18.2 Å². The number of ether oxygens (including phenoxy) is 1. The molecule has 0 spiro atoms. The molecule has 2 aromatic rings. The highest BCUT2D eigenvalue weighted by Crippen LogP contribution is 2.06. The number of carbonyl (C=O) groups excluding carboxylic acids is 3. The molecule has 2 rings (SSSR count). The molecule has 7 heteroatoms. The molecule has 2 aromatic carbocycles. The first kappa shape index (κ1) is 21.3. The van der Waals surface area contributed by atoms with Crippen LogP contribution in [0.1, 0.15) is 15.9 Å². The SMILES string of the molecule is Cl.NCC(=O)N[C@@H](Cc1ccccc1)C(=O)COC(=O)c1ccccc1. The molecular formula is C19H21ClN2O4. The number of esters is 1. The normalized spacial score (nSPS) is 11.0. The molecule has 3 N–H and O–H groups in total. The van der Waals surface area contributed by atoms with Crippen LogP contribution in [0, 0.1) is 0 Å². The minimum atomic E-state index is -0.804. The van der Waals surface area contributed by atoms with E-state index < -0.39 is 30.3 Å². The van der Waals surface area contributed by atoms with E-state index in [1.165, 1.54) is 0 Å². The fraction of sp³-hybridized carbons (Fsp3) is 0.211. The van der Waals surface area contributed by atoms with Gasteiger partial charge in [0.25, 0.3) is 0 Å². The first-order valence-corrected chi connectivity index (χ1v) is 7.88. The Bertz CT molecular complexity index is 723. The molecule has 1 amide bonds. The molecule has 6 nitrogen and oxygen atoms in total. The fourth-order valence-corrected chi connectivity index (χ4v) is 2.24. The number of amides is 1. The summed E-state index contributed by atoms with van der Waals surface area (Å²) >= 11 is 0. The van der Waals surface area contributed by atoms with Crippen molar-refractivity contribution in [2.75, 3.05) is 13.2 Å². The van der Waals surface area contributed by atoms with Gasteiger partial charge in [-0.05, 0) is 24.1 Å². The second-order valence-corrected chi connectivity index (χ2v) is 5.42. The zero-order chi connectivity index (χ0) is 18.1. The third-order valence-electron chi connectivity index (χ3n) is 3.55. The maximum atomic E-state index is 12.4. The van der Waals surface area contributed by atoms with Gasteiger partial charge < -0.3 is 15.8 Å². The van der Waals surface area contributed by atoms with Gasteiger partial charge in [-0.15, -0.1) is 12.4 Å². The van der Waals surface area contributed by atoms with Crippen molar-refractivity contribution in [1.29, 1.82) is 0 Å². The van der Waals surface area contributed by atoms with E-state index in [1.54, 1.807) is 30.3 Å². The molecule has 0 aliphatic carbocycles. The minimum absolute atomic E-state index is 0. The van der Waals surface area contributed by atoms with E-state index in [0.29, 0.717) is 12.0 Å². The largest absolute Gasteiger partial charge is 0.454 e. The van der Waals surface area contributed by atoms with Crippen LogP contribution in [-0.4, -0.2) is 36.9 Å². The Morgan fingerprint density at radius 1 is 0.962 bits per heavy atom. The molecule has 0 aromatic heterocycles. The van der Waals surface area contributed by atoms with Gasteiger partial charge in [0.2, 0.25) is 5.91 Å². The van der Waals surface area contributed by atoms with Crippen molar-refractivity contribution in [2.24, 2.45) is 5.73 Å². The Balaban J connectivity index is 0.00000338. The molecule has 0 saturated carbocycles. The summed E-state index contributed by atoms with van der Waals surface area (Å²) in [5, 5.41) is 2.57. The quantitative estimate of drug-likeness (QED) is 0.680. The van der Waals surface area contributed by atoms with Crippen LogP contribution in [0.3, 0.4) is 0 Å². The van der Waals surface area contributed by atoms with Crippen LogP contribution >= 0.6 is 12.4 Å². The predicted molar refractivity (Wildman–Crippen MR) is 100 cm³/mol. The number of hydrogen-bond acceptors (Lipinski definition) is 5. The molecular weight excluding hydrogens is 356 g/mol. The smallest absolute Gasteiger partial charge is 0.338 e. The molecule has 0 heterocycles. The predicted octanol–water partition coefficient (Wildman–Crippen LogP) is 1.52. The zero-order valence-corrected chi connectivity index (χ0v) is 14.9. The molecule has 0 saturated heterocycles. The topological polar surface area (TPSA) is 98.5 Å². The third-order valence-corrected chi connectivity index (χ3v) is 3.55. The van der Waals surface area contributed by atoms with Gasteiger partial charge in [0, 0.05) is 0 Å². The van der Waals surface area contributed by atoms with Crippen molar-refractivity contribution in [2.45, 2.75) is 12.5 Å². The lowest BCUT2D eigenvalue weighted by Crippen LogP contribution is -2.46. The lowest BCUT2D eigenvalue weighted by molar-refractivity contribution is -0.128. The van der Waals surface area contributed by atoms with Crippen LogP contribution in [0.15, 0.2) is 60.7 Å². The molecule has 0 aliphatic rings. The molecule has 1 atom stereocenters. The van der Waals surface area contributed by atoms with Crippen molar-refractivity contribution < 1.29 is 19.1 Å². The van der Waals surface area contributed by atoms with Crippen LogP contribution in [0.5, 0.6) is 0 Å². The van der Waals surface area contributed by atoms with E-state index in [0.717, 1.165) is 5.56 Å². The summed E-state index contributed by atoms with van der Waals surface area (Å²) in [6.07, 6.45) is 0.300. The fourth-order valence-electron chi connectivity index (χ4n) is 2.24. The minimum Gasteiger partial charge on any atom is -0.454 e. The second kappa shape index (κ2) is 11.0. The summed E-state index contributed by atoms with van der Waals surface area (Å²) in [7, 11) is 0. The van der Waals surface area contributed by atoms with Gasteiger partial charge >= 0.3 is 5.97 Å². The molecule has 0 fully saturated rings. The van der Waals surface area contributed by atoms with Crippen LogP contribution in [0.25, 0.3) is 0 Å². The van der Waals surface area contributed by atoms with E-state index in [9.17, 15) is 14.4 Å². The van der Waals surface area contributed by atoms with Crippen LogP contribution in [-0.2, 0) is 20.7 Å². The lowest BCUT2D eigenvalue weighted by atomic mass is 10.0. The van der Waals surface area contributed by atoms with Gasteiger partial charge in [0.15, 0.2) is 12.4 Å². The van der Waals surface area contributed by atoms with Crippen LogP contribution in [0.2, 0.25) is 0 Å². The highest BCUT2D eigenvalue weighted by Gasteiger charge is 2.22. The number of rotatable bonds is 8. The van der Waals surface area contributed by atoms with Gasteiger partial charge in [0.1, 0.15) is 0 Å². The Kier molecular flexibility index (Phi) is 9.05. The number of nitrogens with two attached hydrogens (primary N) is 1. The number of carbonyl (C=O) groups is 3. The summed E-state index contributed by atoms with van der Waals surface area (Å²) in [4.78, 5) is 35.9. The molecule has 26 heavy (non-hydrogen) atoms. The van der Waals surface area contributed by atoms with Crippen molar-refractivity contribution >= 4 is 30.1 Å². The lowest BCUT2D eigenvalue weighted by Gasteiger charge is -2.17. The molecule has 0 radical (unpaired) electrons. The van der Waals surface area contributed by atoms with E-state index in [2.05, 4.69) is 5.32 Å². The first-order valence-electron chi connectivity index (χ1n) is 7.88. The summed E-state index contributed by atoms with van der Waals surface area (Å²) < 4.78 is 5.05. The van der Waals surface area contributed by atoms with Crippen molar-refractivity contribution in [3.8, 4) is 0 Å². The monoisotopic (exact) mass is 376 g/mol. The first-order chi connectivity index (χ1) is 12.1. The number of hydrogen-bond donors (Lipinski definition) is 2. The van der Waals surface area contributed by atoms with Crippen molar-refractivity contribution in [1.82, 2.24) is 5.32 Å². The Morgan fingerprint density at radius 2 is 1.54 bits per heavy atom. The Hall–Kier alpha value is -2.70. The van der Waals surface area contributed by atoms with Gasteiger partial charge in [-0.1, -0.05) is 48.5 Å².